The Labute approximate surface area is 144 Å². The summed E-state index contributed by atoms with van der Waals surface area (Å²) in [5, 5.41) is 16.2. The van der Waals surface area contributed by atoms with Crippen molar-refractivity contribution in [3.63, 3.8) is 0 Å². The van der Waals surface area contributed by atoms with Crippen molar-refractivity contribution in [2.24, 2.45) is 17.6 Å². The van der Waals surface area contributed by atoms with Gasteiger partial charge in [-0.25, -0.2) is 0 Å². The Bertz CT molecular complexity index is 408. The molecule has 0 aromatic heterocycles. The van der Waals surface area contributed by atoms with Crippen molar-refractivity contribution < 1.29 is 24.6 Å². The van der Waals surface area contributed by atoms with Crippen LogP contribution in [0.25, 0.3) is 0 Å². The molecular weight excluding hydrogens is 312 g/mol. The summed E-state index contributed by atoms with van der Waals surface area (Å²) in [5.74, 6) is -0.923. The highest BCUT2D eigenvalue weighted by Crippen LogP contribution is 2.31. The molecule has 1 heterocycles. The zero-order valence-corrected chi connectivity index (χ0v) is 15.0. The Kier molecular flexibility index (Phi) is 11.0. The summed E-state index contributed by atoms with van der Waals surface area (Å²) in [4.78, 5) is 34.1. The smallest absolute Gasteiger partial charge is 0.303 e. The summed E-state index contributed by atoms with van der Waals surface area (Å²) in [6.45, 7) is 6.65. The van der Waals surface area contributed by atoms with E-state index >= 15 is 0 Å². The number of rotatable bonds is 9. The van der Waals surface area contributed by atoms with Crippen molar-refractivity contribution in [2.75, 3.05) is 13.1 Å². The van der Waals surface area contributed by atoms with Gasteiger partial charge >= 0.3 is 5.97 Å². The third-order valence-electron chi connectivity index (χ3n) is 3.89. The predicted octanol–water partition coefficient (Wildman–Crippen LogP) is 1.94. The first-order chi connectivity index (χ1) is 11.2. The van der Waals surface area contributed by atoms with Gasteiger partial charge in [0.15, 0.2) is 0 Å². The molecule has 1 fully saturated rings. The number of nitrogens with zero attached hydrogens (tertiary/aromatic N) is 1. The fourth-order valence-corrected chi connectivity index (χ4v) is 2.94. The Balaban J connectivity index is 0.00000118. The normalized spacial score (nSPS) is 20.0. The van der Waals surface area contributed by atoms with Crippen LogP contribution in [-0.2, 0) is 14.4 Å². The maximum Gasteiger partial charge on any atom is 0.303 e. The van der Waals surface area contributed by atoms with Crippen molar-refractivity contribution in [3.8, 4) is 0 Å². The van der Waals surface area contributed by atoms with E-state index in [0.29, 0.717) is 18.9 Å². The number of amides is 1. The van der Waals surface area contributed by atoms with E-state index in [1.165, 1.54) is 0 Å². The molecule has 0 spiro atoms. The fourth-order valence-electron chi connectivity index (χ4n) is 2.94. The highest BCUT2D eigenvalue weighted by atomic mass is 16.4. The van der Waals surface area contributed by atoms with Crippen LogP contribution in [0.3, 0.4) is 0 Å². The molecule has 24 heavy (non-hydrogen) atoms. The minimum absolute atomic E-state index is 0.0686. The van der Waals surface area contributed by atoms with Crippen molar-refractivity contribution in [2.45, 2.75) is 65.3 Å². The molecule has 0 bridgehead atoms. The minimum Gasteiger partial charge on any atom is -0.481 e. The first-order valence-corrected chi connectivity index (χ1v) is 8.60. The quantitative estimate of drug-likeness (QED) is 0.550. The van der Waals surface area contributed by atoms with E-state index in [4.69, 9.17) is 20.7 Å². The molecule has 1 aliphatic heterocycles. The van der Waals surface area contributed by atoms with Gasteiger partial charge in [-0.05, 0) is 38.1 Å². The van der Waals surface area contributed by atoms with Crippen LogP contribution in [0.2, 0.25) is 0 Å². The van der Waals surface area contributed by atoms with Gasteiger partial charge < -0.3 is 20.8 Å². The summed E-state index contributed by atoms with van der Waals surface area (Å²) < 4.78 is 0. The molecule has 4 N–H and O–H groups in total. The van der Waals surface area contributed by atoms with Crippen LogP contribution in [0.1, 0.15) is 59.3 Å². The topological polar surface area (TPSA) is 121 Å². The van der Waals surface area contributed by atoms with Crippen molar-refractivity contribution >= 4 is 17.8 Å². The number of carbonyl (C=O) groups is 3. The predicted molar refractivity (Wildman–Crippen MR) is 91.5 cm³/mol. The maximum atomic E-state index is 12.4. The van der Waals surface area contributed by atoms with Gasteiger partial charge in [-0.1, -0.05) is 20.3 Å². The van der Waals surface area contributed by atoms with E-state index in [0.717, 1.165) is 39.2 Å². The lowest BCUT2D eigenvalue weighted by Crippen LogP contribution is -2.37. The van der Waals surface area contributed by atoms with E-state index in [9.17, 15) is 9.59 Å². The van der Waals surface area contributed by atoms with Gasteiger partial charge in [-0.3, -0.25) is 14.4 Å². The van der Waals surface area contributed by atoms with Crippen LogP contribution < -0.4 is 5.73 Å². The average molecular weight is 344 g/mol. The van der Waals surface area contributed by atoms with E-state index in [1.807, 2.05) is 4.90 Å². The van der Waals surface area contributed by atoms with Crippen LogP contribution in [-0.4, -0.2) is 52.1 Å². The first-order valence-electron chi connectivity index (χ1n) is 8.60. The third-order valence-corrected chi connectivity index (χ3v) is 3.89. The molecule has 7 heteroatoms. The number of hydrogen-bond donors (Lipinski definition) is 3. The standard InChI is InChI=1S/C15H28N2O3.C2H4O2/c1-11(2)10-17-13(6-7-14(18)19)9-12(15(17)20)5-3-4-8-16;1-2(3)4/h11-13H,3-10,16H2,1-2H3,(H,18,19);1H3,(H,3,4)/t12-,13-;/m1./s1. The maximum absolute atomic E-state index is 12.4. The van der Waals surface area contributed by atoms with Crippen molar-refractivity contribution in [3.05, 3.63) is 0 Å². The molecule has 1 saturated heterocycles. The number of carbonyl (C=O) groups excluding carboxylic acids is 1. The lowest BCUT2D eigenvalue weighted by Gasteiger charge is -2.26. The van der Waals surface area contributed by atoms with Gasteiger partial charge in [0.2, 0.25) is 5.91 Å². The van der Waals surface area contributed by atoms with Crippen molar-refractivity contribution in [1.82, 2.24) is 4.90 Å². The molecule has 140 valence electrons. The second-order valence-electron chi connectivity index (χ2n) is 6.71. The summed E-state index contributed by atoms with van der Waals surface area (Å²) in [6.07, 6.45) is 4.34. The molecule has 1 aliphatic rings. The molecule has 0 aliphatic carbocycles. The third kappa shape index (κ3) is 9.50. The number of aliphatic carboxylic acids is 2. The number of likely N-dealkylation sites (tertiary alicyclic amines) is 1. The Morgan fingerprint density at radius 3 is 2.29 bits per heavy atom. The van der Waals surface area contributed by atoms with E-state index in [-0.39, 0.29) is 24.3 Å². The molecule has 0 radical (unpaired) electrons. The average Bonchev–Trinajstić information content (AvgIpc) is 2.73. The van der Waals surface area contributed by atoms with Crippen molar-refractivity contribution in [1.29, 1.82) is 0 Å². The van der Waals surface area contributed by atoms with Gasteiger partial charge in [0.25, 0.3) is 5.97 Å². The van der Waals surface area contributed by atoms with Gasteiger partial charge in [0.05, 0.1) is 0 Å². The monoisotopic (exact) mass is 344 g/mol. The zero-order chi connectivity index (χ0) is 18.7. The Morgan fingerprint density at radius 1 is 1.25 bits per heavy atom. The first kappa shape index (κ1) is 22.4. The van der Waals surface area contributed by atoms with Crippen LogP contribution >= 0.6 is 0 Å². The Morgan fingerprint density at radius 2 is 1.83 bits per heavy atom. The summed E-state index contributed by atoms with van der Waals surface area (Å²) >= 11 is 0. The van der Waals surface area contributed by atoms with E-state index in [2.05, 4.69) is 13.8 Å². The van der Waals surface area contributed by atoms with Crippen LogP contribution in [0.15, 0.2) is 0 Å². The SMILES string of the molecule is CC(=O)O.CC(C)CN1C(=O)[C@H](CCCCN)C[C@H]1CCC(=O)O. The molecule has 1 amide bonds. The van der Waals surface area contributed by atoms with Gasteiger partial charge in [0, 0.05) is 31.8 Å². The molecule has 0 aromatic rings. The van der Waals surface area contributed by atoms with Crippen LogP contribution in [0, 0.1) is 11.8 Å². The number of carboxylic acid groups (broad SMARTS) is 2. The molecule has 7 nitrogen and oxygen atoms in total. The van der Waals surface area contributed by atoms with Gasteiger partial charge in [-0.2, -0.15) is 0 Å². The lowest BCUT2D eigenvalue weighted by atomic mass is 9.97. The second-order valence-corrected chi connectivity index (χ2v) is 6.71. The zero-order valence-electron chi connectivity index (χ0n) is 15.0. The number of hydrogen-bond acceptors (Lipinski definition) is 4. The highest BCUT2D eigenvalue weighted by Gasteiger charge is 2.38. The molecule has 0 aromatic carbocycles. The molecule has 0 unspecified atom stereocenters. The molecule has 0 saturated carbocycles. The van der Waals surface area contributed by atoms with Gasteiger partial charge in [-0.15, -0.1) is 0 Å². The lowest BCUT2D eigenvalue weighted by molar-refractivity contribution is -0.138. The largest absolute Gasteiger partial charge is 0.481 e. The van der Waals surface area contributed by atoms with Gasteiger partial charge in [0.1, 0.15) is 0 Å². The number of carboxylic acids is 2. The summed E-state index contributed by atoms with van der Waals surface area (Å²) in [7, 11) is 0. The highest BCUT2D eigenvalue weighted by molar-refractivity contribution is 5.81. The Hall–Kier alpha value is -1.63. The van der Waals surface area contributed by atoms with E-state index < -0.39 is 11.9 Å². The second kappa shape index (κ2) is 11.8. The molecule has 1 rings (SSSR count). The van der Waals surface area contributed by atoms with E-state index in [1.54, 1.807) is 0 Å². The summed E-state index contributed by atoms with van der Waals surface area (Å²) in [6, 6.07) is 0.101. The fraction of sp³-hybridized carbons (Fsp3) is 0.824. The van der Waals surface area contributed by atoms with Crippen LogP contribution in [0.5, 0.6) is 0 Å². The summed E-state index contributed by atoms with van der Waals surface area (Å²) in [5.41, 5.74) is 5.49. The number of unbranched alkanes of at least 4 members (excludes halogenated alkanes) is 1. The van der Waals surface area contributed by atoms with Crippen LogP contribution in [0.4, 0.5) is 0 Å². The molecule has 2 atom stereocenters. The molecular formula is C17H32N2O5. The minimum atomic E-state index is -0.833. The number of nitrogens with two attached hydrogens (primary N) is 1.